The van der Waals surface area contributed by atoms with Crippen LogP contribution >= 0.6 is 15.9 Å². The minimum absolute atomic E-state index is 0.0132. The summed E-state index contributed by atoms with van der Waals surface area (Å²) < 4.78 is 23.8. The van der Waals surface area contributed by atoms with Gasteiger partial charge in [-0.2, -0.15) is 0 Å². The number of halogens is 1. The molecule has 1 aliphatic rings. The van der Waals surface area contributed by atoms with E-state index < -0.39 is 9.84 Å². The lowest BCUT2D eigenvalue weighted by Crippen LogP contribution is -2.47. The van der Waals surface area contributed by atoms with Crippen LogP contribution in [0.3, 0.4) is 0 Å². The van der Waals surface area contributed by atoms with Gasteiger partial charge in [-0.05, 0) is 13.0 Å². The number of Topliss-reactive ketones (excluding diaryl/α,β-unsaturated/α-hetero) is 1. The number of ketones is 1. The van der Waals surface area contributed by atoms with Crippen LogP contribution in [-0.4, -0.2) is 49.7 Å². The van der Waals surface area contributed by atoms with E-state index >= 15 is 0 Å². The summed E-state index contributed by atoms with van der Waals surface area (Å²) in [6, 6.07) is 7.35. The number of hydrogen-bond donors (Lipinski definition) is 0. The van der Waals surface area contributed by atoms with Crippen LogP contribution in [0.5, 0.6) is 0 Å². The first-order chi connectivity index (χ1) is 9.39. The van der Waals surface area contributed by atoms with Gasteiger partial charge >= 0.3 is 0 Å². The molecular formula is C14H18BrNO3S. The van der Waals surface area contributed by atoms with E-state index in [0.29, 0.717) is 25.1 Å². The van der Waals surface area contributed by atoms with Gasteiger partial charge in [0.05, 0.1) is 11.5 Å². The summed E-state index contributed by atoms with van der Waals surface area (Å²) in [5.41, 5.74) is 0.685. The zero-order valence-corrected chi connectivity index (χ0v) is 13.8. The SMILES string of the molecule is CC1CS(=O)(=O)CCN1CCC(=O)c1ccccc1Br. The summed E-state index contributed by atoms with van der Waals surface area (Å²) >= 11 is 3.38. The molecule has 1 saturated heterocycles. The third-order valence-corrected chi connectivity index (χ3v) is 6.09. The van der Waals surface area contributed by atoms with Gasteiger partial charge in [-0.3, -0.25) is 9.69 Å². The first-order valence-electron chi connectivity index (χ1n) is 6.61. The molecule has 0 spiro atoms. The van der Waals surface area contributed by atoms with Crippen molar-refractivity contribution in [1.29, 1.82) is 0 Å². The second-order valence-corrected chi connectivity index (χ2v) is 8.24. The summed E-state index contributed by atoms with van der Waals surface area (Å²) in [6.07, 6.45) is 0.410. The highest BCUT2D eigenvalue weighted by Crippen LogP contribution is 2.18. The Morgan fingerprint density at radius 1 is 1.40 bits per heavy atom. The third kappa shape index (κ3) is 3.90. The molecule has 0 radical (unpaired) electrons. The van der Waals surface area contributed by atoms with Gasteiger partial charge < -0.3 is 0 Å². The molecule has 0 saturated carbocycles. The number of sulfone groups is 1. The molecule has 1 unspecified atom stereocenters. The number of benzene rings is 1. The second-order valence-electron chi connectivity index (χ2n) is 5.15. The molecule has 1 fully saturated rings. The molecule has 0 aliphatic carbocycles. The molecule has 1 aromatic carbocycles. The van der Waals surface area contributed by atoms with Crippen LogP contribution in [0.4, 0.5) is 0 Å². The van der Waals surface area contributed by atoms with Gasteiger partial charge in [0.15, 0.2) is 15.6 Å². The summed E-state index contributed by atoms with van der Waals surface area (Å²) in [7, 11) is -2.90. The number of carbonyl (C=O) groups is 1. The van der Waals surface area contributed by atoms with E-state index in [2.05, 4.69) is 20.8 Å². The van der Waals surface area contributed by atoms with E-state index in [1.165, 1.54) is 0 Å². The molecule has 1 aliphatic heterocycles. The highest BCUT2D eigenvalue weighted by Gasteiger charge is 2.28. The first kappa shape index (κ1) is 15.7. The smallest absolute Gasteiger partial charge is 0.165 e. The zero-order valence-electron chi connectivity index (χ0n) is 11.4. The van der Waals surface area contributed by atoms with Crippen LogP contribution in [0.25, 0.3) is 0 Å². The van der Waals surface area contributed by atoms with Gasteiger partial charge in [0, 0.05) is 35.6 Å². The van der Waals surface area contributed by atoms with Crippen molar-refractivity contribution >= 4 is 31.6 Å². The Balaban J connectivity index is 1.93. The van der Waals surface area contributed by atoms with Gasteiger partial charge in [0.2, 0.25) is 0 Å². The standard InChI is InChI=1S/C14H18BrNO3S/c1-11-10-20(18,19)9-8-16(11)7-6-14(17)12-4-2-3-5-13(12)15/h2-5,11H,6-10H2,1H3. The van der Waals surface area contributed by atoms with Crippen molar-refractivity contribution in [3.05, 3.63) is 34.3 Å². The van der Waals surface area contributed by atoms with Crippen molar-refractivity contribution in [3.8, 4) is 0 Å². The van der Waals surface area contributed by atoms with E-state index in [4.69, 9.17) is 0 Å². The highest BCUT2D eigenvalue weighted by molar-refractivity contribution is 9.10. The normalized spacial score (nSPS) is 22.6. The van der Waals surface area contributed by atoms with Crippen LogP contribution < -0.4 is 0 Å². The fraction of sp³-hybridized carbons (Fsp3) is 0.500. The average Bonchev–Trinajstić information content (AvgIpc) is 2.37. The fourth-order valence-electron chi connectivity index (χ4n) is 2.43. The molecule has 6 heteroatoms. The van der Waals surface area contributed by atoms with Crippen LogP contribution in [-0.2, 0) is 9.84 Å². The molecule has 20 heavy (non-hydrogen) atoms. The molecule has 0 aromatic heterocycles. The molecule has 1 atom stereocenters. The summed E-state index contributed by atoms with van der Waals surface area (Å²) in [6.45, 7) is 3.03. The van der Waals surface area contributed by atoms with E-state index in [0.717, 1.165) is 4.47 Å². The Bertz CT molecular complexity index is 600. The fourth-order valence-corrected chi connectivity index (χ4v) is 4.56. The molecule has 0 N–H and O–H groups in total. The largest absolute Gasteiger partial charge is 0.298 e. The predicted molar refractivity (Wildman–Crippen MR) is 82.8 cm³/mol. The summed E-state index contributed by atoms with van der Waals surface area (Å²) in [5, 5.41) is 0. The maximum atomic E-state index is 12.2. The van der Waals surface area contributed by atoms with E-state index in [1.54, 1.807) is 6.07 Å². The average molecular weight is 360 g/mol. The number of rotatable bonds is 4. The Morgan fingerprint density at radius 2 is 2.10 bits per heavy atom. The Labute approximate surface area is 128 Å². The van der Waals surface area contributed by atoms with Crippen molar-refractivity contribution in [2.24, 2.45) is 0 Å². The quantitative estimate of drug-likeness (QED) is 0.772. The lowest BCUT2D eigenvalue weighted by Gasteiger charge is -2.32. The Kier molecular flexibility index (Phi) is 4.99. The van der Waals surface area contributed by atoms with Crippen molar-refractivity contribution in [2.75, 3.05) is 24.6 Å². The van der Waals surface area contributed by atoms with Gasteiger partial charge in [-0.15, -0.1) is 0 Å². The molecule has 1 heterocycles. The van der Waals surface area contributed by atoms with Gasteiger partial charge in [0.1, 0.15) is 0 Å². The topological polar surface area (TPSA) is 54.5 Å². The minimum Gasteiger partial charge on any atom is -0.298 e. The lowest BCUT2D eigenvalue weighted by molar-refractivity contribution is 0.0956. The summed E-state index contributed by atoms with van der Waals surface area (Å²) in [4.78, 5) is 14.2. The molecule has 0 bridgehead atoms. The number of hydrogen-bond acceptors (Lipinski definition) is 4. The second kappa shape index (κ2) is 6.37. The Morgan fingerprint density at radius 3 is 2.75 bits per heavy atom. The first-order valence-corrected chi connectivity index (χ1v) is 9.23. The predicted octanol–water partition coefficient (Wildman–Crippen LogP) is 2.14. The van der Waals surface area contributed by atoms with E-state index in [-0.39, 0.29) is 23.3 Å². The Hall–Kier alpha value is -0.720. The van der Waals surface area contributed by atoms with Gasteiger partial charge in [-0.25, -0.2) is 8.42 Å². The minimum atomic E-state index is -2.90. The maximum absolute atomic E-state index is 12.2. The van der Waals surface area contributed by atoms with Crippen molar-refractivity contribution in [2.45, 2.75) is 19.4 Å². The zero-order chi connectivity index (χ0) is 14.8. The molecule has 0 amide bonds. The van der Waals surface area contributed by atoms with Crippen molar-refractivity contribution < 1.29 is 13.2 Å². The number of nitrogens with zero attached hydrogens (tertiary/aromatic N) is 1. The lowest BCUT2D eigenvalue weighted by atomic mass is 10.1. The summed E-state index contributed by atoms with van der Waals surface area (Å²) in [5.74, 6) is 0.467. The molecular weight excluding hydrogens is 342 g/mol. The number of carbonyl (C=O) groups excluding carboxylic acids is 1. The molecule has 110 valence electrons. The van der Waals surface area contributed by atoms with Gasteiger partial charge in [0.25, 0.3) is 0 Å². The monoisotopic (exact) mass is 359 g/mol. The highest BCUT2D eigenvalue weighted by atomic mass is 79.9. The van der Waals surface area contributed by atoms with Crippen LogP contribution in [0.2, 0.25) is 0 Å². The van der Waals surface area contributed by atoms with Crippen LogP contribution in [0.1, 0.15) is 23.7 Å². The van der Waals surface area contributed by atoms with Crippen LogP contribution in [0, 0.1) is 0 Å². The maximum Gasteiger partial charge on any atom is 0.165 e. The van der Waals surface area contributed by atoms with Crippen molar-refractivity contribution in [3.63, 3.8) is 0 Å². The van der Waals surface area contributed by atoms with Crippen molar-refractivity contribution in [1.82, 2.24) is 4.90 Å². The van der Waals surface area contributed by atoms with E-state index in [9.17, 15) is 13.2 Å². The molecule has 1 aromatic rings. The molecule has 2 rings (SSSR count). The van der Waals surface area contributed by atoms with Gasteiger partial charge in [-0.1, -0.05) is 34.1 Å². The molecule has 4 nitrogen and oxygen atoms in total. The third-order valence-electron chi connectivity index (χ3n) is 3.61. The van der Waals surface area contributed by atoms with Crippen LogP contribution in [0.15, 0.2) is 28.7 Å². The van der Waals surface area contributed by atoms with E-state index in [1.807, 2.05) is 25.1 Å².